The average molecular weight is 275 g/mol. The number of rotatable bonds is 3. The molecule has 0 fully saturated rings. The third-order valence-electron chi connectivity index (χ3n) is 3.24. The second kappa shape index (κ2) is 5.29. The van der Waals surface area contributed by atoms with Gasteiger partial charge in [0.1, 0.15) is 5.54 Å². The van der Waals surface area contributed by atoms with Gasteiger partial charge in [0.25, 0.3) is 0 Å². The summed E-state index contributed by atoms with van der Waals surface area (Å²) in [5.74, 6) is -0.364. The largest absolute Gasteiger partial charge is 0.362 e. The molecule has 0 spiro atoms. The van der Waals surface area contributed by atoms with Gasteiger partial charge >= 0.3 is 5.97 Å². The minimum Gasteiger partial charge on any atom is -0.338 e. The van der Waals surface area contributed by atoms with E-state index in [-0.39, 0.29) is 17.0 Å². The van der Waals surface area contributed by atoms with E-state index in [4.69, 9.17) is 4.84 Å². The zero-order chi connectivity index (χ0) is 14.8. The van der Waals surface area contributed by atoms with Crippen molar-refractivity contribution in [2.75, 3.05) is 0 Å². The first-order valence-electron chi connectivity index (χ1n) is 6.88. The van der Waals surface area contributed by atoms with Gasteiger partial charge in [0.15, 0.2) is 0 Å². The van der Waals surface area contributed by atoms with Crippen LogP contribution in [-0.4, -0.2) is 17.0 Å². The van der Waals surface area contributed by atoms with Gasteiger partial charge in [-0.2, -0.15) is 0 Å². The van der Waals surface area contributed by atoms with Crippen LogP contribution in [0, 0.1) is 0 Å². The third kappa shape index (κ3) is 3.84. The topological polar surface area (TPSA) is 54.9 Å². The van der Waals surface area contributed by atoms with Crippen molar-refractivity contribution in [1.82, 2.24) is 5.48 Å². The molecule has 1 aromatic carbocycles. The summed E-state index contributed by atoms with van der Waals surface area (Å²) < 4.78 is 0. The monoisotopic (exact) mass is 275 g/mol. The van der Waals surface area contributed by atoms with Crippen LogP contribution in [0.1, 0.15) is 44.5 Å². The first-order valence-corrected chi connectivity index (χ1v) is 6.88. The number of nitrogens with two attached hydrogens (primary N) is 1. The number of benzene rings is 1. The number of nitrogens with one attached hydrogen (secondary N) is 1. The van der Waals surface area contributed by atoms with Gasteiger partial charge in [-0.15, -0.1) is 0 Å². The molecule has 0 atom stereocenters. The first-order chi connectivity index (χ1) is 9.27. The summed E-state index contributed by atoms with van der Waals surface area (Å²) in [4.78, 5) is 17.1. The molecule has 20 heavy (non-hydrogen) atoms. The Hall–Kier alpha value is -1.81. The number of hydroxylamine groups is 1. The van der Waals surface area contributed by atoms with E-state index in [0.29, 0.717) is 5.56 Å². The lowest BCUT2D eigenvalue weighted by molar-refractivity contribution is -0.771. The molecule has 1 aliphatic heterocycles. The predicted octanol–water partition coefficient (Wildman–Crippen LogP) is 1.76. The second-order valence-electron chi connectivity index (χ2n) is 6.66. The summed E-state index contributed by atoms with van der Waals surface area (Å²) >= 11 is 0. The van der Waals surface area contributed by atoms with Crippen LogP contribution in [0.25, 0.3) is 0 Å². The molecule has 108 valence electrons. The van der Waals surface area contributed by atoms with Gasteiger partial charge in [0, 0.05) is 6.42 Å². The van der Waals surface area contributed by atoms with E-state index in [0.717, 1.165) is 12.1 Å². The number of carbonyl (C=O) groups excluding carboxylic acids is 1. The second-order valence-corrected chi connectivity index (χ2v) is 6.66. The lowest BCUT2D eigenvalue weighted by Crippen LogP contribution is -3.04. The number of carbonyl (C=O) groups is 1. The quantitative estimate of drug-likeness (QED) is 0.826. The van der Waals surface area contributed by atoms with E-state index in [1.54, 1.807) is 12.1 Å². The van der Waals surface area contributed by atoms with E-state index in [1.807, 2.05) is 18.2 Å². The van der Waals surface area contributed by atoms with Crippen LogP contribution >= 0.6 is 0 Å². The van der Waals surface area contributed by atoms with Gasteiger partial charge in [0.05, 0.1) is 16.8 Å². The number of hydrogen-bond donors (Lipinski definition) is 2. The molecule has 0 radical (unpaired) electrons. The summed E-state index contributed by atoms with van der Waals surface area (Å²) in [6.07, 6.45) is 2.94. The maximum atomic E-state index is 11.9. The van der Waals surface area contributed by atoms with Crippen LogP contribution in [0.15, 0.2) is 42.1 Å². The lowest BCUT2D eigenvalue weighted by Gasteiger charge is -2.37. The molecule has 0 amide bonds. The van der Waals surface area contributed by atoms with Crippen LogP contribution < -0.4 is 10.8 Å². The van der Waals surface area contributed by atoms with Crippen molar-refractivity contribution in [2.24, 2.45) is 0 Å². The Balaban J connectivity index is 2.00. The van der Waals surface area contributed by atoms with E-state index in [1.165, 1.54) is 0 Å². The van der Waals surface area contributed by atoms with Gasteiger partial charge in [-0.05, 0) is 45.9 Å². The molecule has 0 saturated carbocycles. The van der Waals surface area contributed by atoms with E-state index in [9.17, 15) is 4.79 Å². The molecule has 4 nitrogen and oxygen atoms in total. The highest BCUT2D eigenvalue weighted by molar-refractivity contribution is 5.89. The summed E-state index contributed by atoms with van der Waals surface area (Å²) in [6, 6.07) is 8.98. The van der Waals surface area contributed by atoms with E-state index >= 15 is 0 Å². The smallest absolute Gasteiger partial charge is 0.338 e. The molecule has 3 N–H and O–H groups in total. The predicted molar refractivity (Wildman–Crippen MR) is 77.8 cm³/mol. The fourth-order valence-electron chi connectivity index (χ4n) is 2.90. The SMILES string of the molecule is CC1(C)C=C(NOC(=O)c2ccccc2)CC(C)(C)[NH2+]1. The Morgan fingerprint density at radius 2 is 1.85 bits per heavy atom. The Bertz CT molecular complexity index is 519. The minimum absolute atomic E-state index is 0.0107. The van der Waals surface area contributed by atoms with Crippen molar-refractivity contribution in [2.45, 2.75) is 45.2 Å². The van der Waals surface area contributed by atoms with Crippen molar-refractivity contribution >= 4 is 5.97 Å². The van der Waals surface area contributed by atoms with Crippen LogP contribution in [-0.2, 0) is 4.84 Å². The van der Waals surface area contributed by atoms with Crippen molar-refractivity contribution in [3.05, 3.63) is 47.7 Å². The highest BCUT2D eigenvalue weighted by Gasteiger charge is 2.36. The summed E-state index contributed by atoms with van der Waals surface area (Å²) in [7, 11) is 0. The Morgan fingerprint density at radius 3 is 2.45 bits per heavy atom. The molecule has 2 rings (SSSR count). The summed E-state index contributed by atoms with van der Waals surface area (Å²) in [5, 5.41) is 2.32. The van der Waals surface area contributed by atoms with E-state index < -0.39 is 0 Å². The van der Waals surface area contributed by atoms with Crippen LogP contribution in [0.3, 0.4) is 0 Å². The number of quaternary nitrogens is 1. The molecule has 0 bridgehead atoms. The molecular formula is C16H23N2O2+. The molecule has 1 aliphatic rings. The Morgan fingerprint density at radius 1 is 1.20 bits per heavy atom. The molecule has 0 aromatic heterocycles. The van der Waals surface area contributed by atoms with Crippen LogP contribution in [0.4, 0.5) is 0 Å². The van der Waals surface area contributed by atoms with Gasteiger partial charge < -0.3 is 10.2 Å². The molecule has 0 aliphatic carbocycles. The third-order valence-corrected chi connectivity index (χ3v) is 3.24. The van der Waals surface area contributed by atoms with Gasteiger partial charge in [-0.1, -0.05) is 18.2 Å². The van der Waals surface area contributed by atoms with E-state index in [2.05, 4.69) is 44.6 Å². The zero-order valence-corrected chi connectivity index (χ0v) is 12.6. The summed E-state index contributed by atoms with van der Waals surface area (Å²) in [6.45, 7) is 8.66. The zero-order valence-electron chi connectivity index (χ0n) is 12.6. The number of hydrogen-bond acceptors (Lipinski definition) is 3. The molecular weight excluding hydrogens is 252 g/mol. The summed E-state index contributed by atoms with van der Waals surface area (Å²) in [5.41, 5.74) is 4.39. The fourth-order valence-corrected chi connectivity index (χ4v) is 2.90. The van der Waals surface area contributed by atoms with Crippen molar-refractivity contribution in [3.8, 4) is 0 Å². The van der Waals surface area contributed by atoms with Crippen LogP contribution in [0.2, 0.25) is 0 Å². The minimum atomic E-state index is -0.364. The molecule has 1 aromatic rings. The highest BCUT2D eigenvalue weighted by atomic mass is 16.7. The van der Waals surface area contributed by atoms with Gasteiger partial charge in [-0.25, -0.2) is 10.3 Å². The molecule has 1 heterocycles. The molecule has 0 saturated heterocycles. The van der Waals surface area contributed by atoms with Gasteiger partial charge in [0.2, 0.25) is 0 Å². The van der Waals surface area contributed by atoms with Crippen molar-refractivity contribution in [3.63, 3.8) is 0 Å². The first kappa shape index (κ1) is 14.6. The maximum absolute atomic E-state index is 11.9. The van der Waals surface area contributed by atoms with Gasteiger partial charge in [-0.3, -0.25) is 0 Å². The average Bonchev–Trinajstić information content (AvgIpc) is 2.33. The standard InChI is InChI=1S/C16H22N2O2/c1-15(2)10-13(11-16(3,4)18-15)17-20-14(19)12-8-6-5-7-9-12/h5-10,17-18H,11H2,1-4H3/p+1. The fraction of sp³-hybridized carbons (Fsp3) is 0.438. The van der Waals surface area contributed by atoms with Crippen molar-refractivity contribution in [1.29, 1.82) is 0 Å². The lowest BCUT2D eigenvalue weighted by atomic mass is 9.87. The highest BCUT2D eigenvalue weighted by Crippen LogP contribution is 2.19. The Labute approximate surface area is 120 Å². The maximum Gasteiger partial charge on any atom is 0.362 e. The molecule has 4 heteroatoms. The normalized spacial score (nSPS) is 19.9. The molecule has 0 unspecified atom stereocenters. The Kier molecular flexibility index (Phi) is 3.86. The van der Waals surface area contributed by atoms with Crippen molar-refractivity contribution < 1.29 is 14.9 Å². The van der Waals surface area contributed by atoms with Crippen LogP contribution in [0.5, 0.6) is 0 Å².